The van der Waals surface area contributed by atoms with Crippen LogP contribution in [0.5, 0.6) is 11.5 Å². The Labute approximate surface area is 150 Å². The Morgan fingerprint density at radius 1 is 0.760 bits per heavy atom. The smallest absolute Gasteiger partial charge is 0.182 e. The Hall–Kier alpha value is -1.88. The minimum absolute atomic E-state index is 0.229. The van der Waals surface area contributed by atoms with Crippen LogP contribution in [0.25, 0.3) is 20.2 Å². The number of fused-ring (bicyclic) bond motifs is 3. The lowest BCUT2D eigenvalue weighted by atomic mass is 10.1. The van der Waals surface area contributed by atoms with E-state index in [0.29, 0.717) is 33.4 Å². The zero-order valence-corrected chi connectivity index (χ0v) is 15.3. The van der Waals surface area contributed by atoms with Gasteiger partial charge in [-0.3, -0.25) is 0 Å². The molecule has 0 unspecified atom stereocenters. The third-order valence-corrected chi connectivity index (χ3v) is 5.34. The van der Waals surface area contributed by atoms with Gasteiger partial charge in [-0.05, 0) is 37.1 Å². The SMILES string of the molecule is CCCCOc1ccc2c(sc3c(F)c(OCCCC)ccc32)c1F. The molecule has 5 heteroatoms. The number of thiophene rings is 1. The van der Waals surface area contributed by atoms with Crippen molar-refractivity contribution in [1.82, 2.24) is 0 Å². The quantitative estimate of drug-likeness (QED) is 0.415. The van der Waals surface area contributed by atoms with Gasteiger partial charge < -0.3 is 9.47 Å². The minimum Gasteiger partial charge on any atom is -0.490 e. The molecule has 134 valence electrons. The average molecular weight is 364 g/mol. The summed E-state index contributed by atoms with van der Waals surface area (Å²) in [5, 5.41) is 1.42. The van der Waals surface area contributed by atoms with Crippen LogP contribution in [-0.4, -0.2) is 13.2 Å². The number of unbranched alkanes of at least 4 members (excludes halogenated alkanes) is 2. The third-order valence-electron chi connectivity index (χ3n) is 4.13. The van der Waals surface area contributed by atoms with Crippen molar-refractivity contribution in [3.05, 3.63) is 35.9 Å². The lowest BCUT2D eigenvalue weighted by molar-refractivity contribution is 0.295. The van der Waals surface area contributed by atoms with Crippen LogP contribution < -0.4 is 9.47 Å². The number of hydrogen-bond acceptors (Lipinski definition) is 3. The van der Waals surface area contributed by atoms with E-state index >= 15 is 0 Å². The summed E-state index contributed by atoms with van der Waals surface area (Å²) in [7, 11) is 0. The van der Waals surface area contributed by atoms with E-state index in [0.717, 1.165) is 37.0 Å². The minimum atomic E-state index is -0.414. The van der Waals surface area contributed by atoms with E-state index in [1.807, 2.05) is 0 Å². The van der Waals surface area contributed by atoms with Gasteiger partial charge in [-0.15, -0.1) is 11.3 Å². The highest BCUT2D eigenvalue weighted by Crippen LogP contribution is 2.41. The van der Waals surface area contributed by atoms with E-state index in [9.17, 15) is 8.78 Å². The summed E-state index contributed by atoms with van der Waals surface area (Å²) in [4.78, 5) is 0. The van der Waals surface area contributed by atoms with Crippen molar-refractivity contribution in [1.29, 1.82) is 0 Å². The van der Waals surface area contributed by atoms with Crippen molar-refractivity contribution >= 4 is 31.5 Å². The number of rotatable bonds is 8. The second-order valence-corrected chi connectivity index (χ2v) is 7.04. The monoisotopic (exact) mass is 364 g/mol. The molecule has 2 nitrogen and oxygen atoms in total. The molecule has 0 atom stereocenters. The van der Waals surface area contributed by atoms with Crippen LogP contribution in [0.15, 0.2) is 24.3 Å². The first-order valence-electron chi connectivity index (χ1n) is 8.76. The van der Waals surface area contributed by atoms with E-state index in [-0.39, 0.29) is 11.5 Å². The van der Waals surface area contributed by atoms with Crippen molar-refractivity contribution in [2.75, 3.05) is 13.2 Å². The lowest BCUT2D eigenvalue weighted by Crippen LogP contribution is -1.98. The highest BCUT2D eigenvalue weighted by molar-refractivity contribution is 7.25. The van der Waals surface area contributed by atoms with Crippen molar-refractivity contribution in [2.45, 2.75) is 39.5 Å². The van der Waals surface area contributed by atoms with Gasteiger partial charge in [-0.25, -0.2) is 8.78 Å². The number of ether oxygens (including phenoxy) is 2. The maximum Gasteiger partial charge on any atom is 0.182 e. The van der Waals surface area contributed by atoms with Gasteiger partial charge in [-0.2, -0.15) is 0 Å². The summed E-state index contributed by atoms with van der Waals surface area (Å²) < 4.78 is 41.4. The molecular weight excluding hydrogens is 342 g/mol. The Balaban J connectivity index is 1.99. The summed E-state index contributed by atoms with van der Waals surface area (Å²) in [6.45, 7) is 5.07. The van der Waals surface area contributed by atoms with Crippen LogP contribution >= 0.6 is 11.3 Å². The van der Waals surface area contributed by atoms with Gasteiger partial charge in [0.1, 0.15) is 0 Å². The highest BCUT2D eigenvalue weighted by Gasteiger charge is 2.18. The summed E-state index contributed by atoms with van der Waals surface area (Å²) >= 11 is 1.11. The lowest BCUT2D eigenvalue weighted by Gasteiger charge is -2.07. The Morgan fingerprint density at radius 2 is 1.20 bits per heavy atom. The van der Waals surface area contributed by atoms with Gasteiger partial charge in [0.2, 0.25) is 0 Å². The normalized spacial score (nSPS) is 11.4. The molecule has 0 aliphatic rings. The molecule has 0 aliphatic carbocycles. The van der Waals surface area contributed by atoms with Crippen LogP contribution in [0.3, 0.4) is 0 Å². The van der Waals surface area contributed by atoms with E-state index in [1.54, 1.807) is 24.3 Å². The van der Waals surface area contributed by atoms with Crippen molar-refractivity contribution in [3.63, 3.8) is 0 Å². The van der Waals surface area contributed by atoms with Gasteiger partial charge in [0.25, 0.3) is 0 Å². The summed E-state index contributed by atoms with van der Waals surface area (Å²) in [6.07, 6.45) is 3.71. The molecule has 0 saturated heterocycles. The van der Waals surface area contributed by atoms with Crippen molar-refractivity contribution < 1.29 is 18.3 Å². The Bertz CT molecular complexity index is 803. The fraction of sp³-hybridized carbons (Fsp3) is 0.400. The molecule has 0 spiro atoms. The van der Waals surface area contributed by atoms with Crippen LogP contribution in [0.2, 0.25) is 0 Å². The molecule has 0 N–H and O–H groups in total. The van der Waals surface area contributed by atoms with E-state index in [4.69, 9.17) is 9.47 Å². The maximum atomic E-state index is 14.7. The average Bonchev–Trinajstić information content (AvgIpc) is 3.00. The molecular formula is C20H22F2O2S. The molecule has 3 rings (SSSR count). The topological polar surface area (TPSA) is 18.5 Å². The molecule has 0 saturated carbocycles. The first-order valence-corrected chi connectivity index (χ1v) is 9.57. The van der Waals surface area contributed by atoms with Gasteiger partial charge in [0, 0.05) is 10.8 Å². The van der Waals surface area contributed by atoms with Crippen LogP contribution in [-0.2, 0) is 0 Å². The molecule has 1 heterocycles. The number of halogens is 2. The molecule has 25 heavy (non-hydrogen) atoms. The second-order valence-electron chi connectivity index (χ2n) is 6.01. The van der Waals surface area contributed by atoms with Crippen LogP contribution in [0.1, 0.15) is 39.5 Å². The first-order chi connectivity index (χ1) is 12.2. The zero-order chi connectivity index (χ0) is 17.8. The van der Waals surface area contributed by atoms with E-state index in [2.05, 4.69) is 13.8 Å². The van der Waals surface area contributed by atoms with Gasteiger partial charge >= 0.3 is 0 Å². The van der Waals surface area contributed by atoms with Gasteiger partial charge in [0.15, 0.2) is 23.1 Å². The second kappa shape index (κ2) is 8.00. The zero-order valence-electron chi connectivity index (χ0n) is 14.5. The Kier molecular flexibility index (Phi) is 5.74. The molecule has 1 aromatic heterocycles. The molecule has 2 aromatic carbocycles. The van der Waals surface area contributed by atoms with Crippen LogP contribution in [0.4, 0.5) is 8.78 Å². The van der Waals surface area contributed by atoms with Gasteiger partial charge in [-0.1, -0.05) is 26.7 Å². The predicted molar refractivity (Wildman–Crippen MR) is 100 cm³/mol. The molecule has 0 radical (unpaired) electrons. The fourth-order valence-corrected chi connectivity index (χ4v) is 3.84. The first kappa shape index (κ1) is 17.9. The standard InChI is InChI=1S/C20H22F2O2S/c1-3-5-11-23-15-9-7-13-14-8-10-16(24-12-6-4-2)18(22)20(14)25-19(13)17(15)21/h7-10H,3-6,11-12H2,1-2H3. The molecule has 3 aromatic rings. The van der Waals surface area contributed by atoms with Crippen molar-refractivity contribution in [3.8, 4) is 11.5 Å². The van der Waals surface area contributed by atoms with Crippen LogP contribution in [0, 0.1) is 11.6 Å². The van der Waals surface area contributed by atoms with E-state index in [1.165, 1.54) is 0 Å². The number of benzene rings is 2. The summed E-state index contributed by atoms with van der Waals surface area (Å²) in [5.41, 5.74) is 0. The van der Waals surface area contributed by atoms with Crippen molar-refractivity contribution in [2.24, 2.45) is 0 Å². The number of hydrogen-bond donors (Lipinski definition) is 0. The van der Waals surface area contributed by atoms with Gasteiger partial charge in [0.05, 0.1) is 22.6 Å². The summed E-state index contributed by atoms with van der Waals surface area (Å²) in [6, 6.07) is 6.86. The maximum absolute atomic E-state index is 14.7. The summed E-state index contributed by atoms with van der Waals surface area (Å²) in [5.74, 6) is -0.370. The highest BCUT2D eigenvalue weighted by atomic mass is 32.1. The molecule has 0 fully saturated rings. The third kappa shape index (κ3) is 3.56. The Morgan fingerprint density at radius 3 is 1.60 bits per heavy atom. The van der Waals surface area contributed by atoms with E-state index < -0.39 is 11.6 Å². The molecule has 0 bridgehead atoms. The fourth-order valence-electron chi connectivity index (χ4n) is 2.68. The molecule has 0 aliphatic heterocycles. The molecule has 0 amide bonds. The predicted octanol–water partition coefficient (Wildman–Crippen LogP) is 6.69. The largest absolute Gasteiger partial charge is 0.490 e.